The molecule has 1 N–H and O–H groups in total. The first-order valence-electron chi connectivity index (χ1n) is 4.36. The molecule has 1 heteroatoms. The van der Waals surface area contributed by atoms with Gasteiger partial charge in [-0.1, -0.05) is 11.6 Å². The van der Waals surface area contributed by atoms with Crippen LogP contribution in [0.25, 0.3) is 0 Å². The minimum absolute atomic E-state index is 1.05. The maximum Gasteiger partial charge on any atom is 0.0148 e. The number of nitrogens with one attached hydrogen (secondary N) is 1. The second-order valence-electron chi connectivity index (χ2n) is 3.45. The highest BCUT2D eigenvalue weighted by Crippen LogP contribution is 2.19. The summed E-state index contributed by atoms with van der Waals surface area (Å²) in [5.41, 5.74) is 5.46. The molecule has 1 aliphatic rings. The number of rotatable bonds is 1. The minimum Gasteiger partial charge on any atom is -0.391 e. The molecule has 1 nitrogen and oxygen atoms in total. The van der Waals surface area contributed by atoms with Crippen molar-refractivity contribution in [1.29, 1.82) is 0 Å². The lowest BCUT2D eigenvalue weighted by atomic mass is 10.1. The van der Waals surface area contributed by atoms with E-state index in [2.05, 4.69) is 38.2 Å². The molecule has 66 valence electrons. The lowest BCUT2D eigenvalue weighted by Crippen LogP contribution is -2.05. The molecule has 0 saturated heterocycles. The lowest BCUT2D eigenvalue weighted by Gasteiger charge is -2.04. The zero-order valence-corrected chi connectivity index (χ0v) is 8.36. The van der Waals surface area contributed by atoms with E-state index in [1.54, 1.807) is 0 Å². The summed E-state index contributed by atoms with van der Waals surface area (Å²) < 4.78 is 0. The molecule has 0 unspecified atom stereocenters. The van der Waals surface area contributed by atoms with Crippen LogP contribution in [0.3, 0.4) is 0 Å². The summed E-state index contributed by atoms with van der Waals surface area (Å²) in [4.78, 5) is 0. The zero-order valence-electron chi connectivity index (χ0n) is 8.36. The Morgan fingerprint density at radius 1 is 1.08 bits per heavy atom. The lowest BCUT2D eigenvalue weighted by molar-refractivity contribution is 0.912. The standard InChI is InChI=1S/C11H17N/c1-8-5-9(2)10(3)7-11(6-8)12-4/h5,7,12H,6H2,1-4H3. The van der Waals surface area contributed by atoms with E-state index in [1.165, 1.54) is 22.4 Å². The van der Waals surface area contributed by atoms with Gasteiger partial charge in [-0.3, -0.25) is 0 Å². The van der Waals surface area contributed by atoms with Crippen molar-refractivity contribution in [3.05, 3.63) is 34.6 Å². The van der Waals surface area contributed by atoms with Crippen LogP contribution >= 0.6 is 0 Å². The van der Waals surface area contributed by atoms with Crippen molar-refractivity contribution in [2.45, 2.75) is 27.2 Å². The Hall–Kier alpha value is -0.980. The molecule has 0 atom stereocenters. The van der Waals surface area contributed by atoms with Crippen LogP contribution in [0, 0.1) is 0 Å². The molecular weight excluding hydrogens is 146 g/mol. The second-order valence-corrected chi connectivity index (χ2v) is 3.45. The van der Waals surface area contributed by atoms with Gasteiger partial charge in [-0.25, -0.2) is 0 Å². The fourth-order valence-corrected chi connectivity index (χ4v) is 1.42. The van der Waals surface area contributed by atoms with Crippen LogP contribution < -0.4 is 5.32 Å². The van der Waals surface area contributed by atoms with Gasteiger partial charge in [0.1, 0.15) is 0 Å². The highest BCUT2D eigenvalue weighted by Gasteiger charge is 2.03. The van der Waals surface area contributed by atoms with Gasteiger partial charge in [0.05, 0.1) is 0 Å². The molecule has 0 amide bonds. The summed E-state index contributed by atoms with van der Waals surface area (Å²) >= 11 is 0. The first-order chi connectivity index (χ1) is 5.63. The average Bonchev–Trinajstić information content (AvgIpc) is 2.12. The summed E-state index contributed by atoms with van der Waals surface area (Å²) in [7, 11) is 1.98. The maximum atomic E-state index is 3.21. The van der Waals surface area contributed by atoms with Gasteiger partial charge in [0.2, 0.25) is 0 Å². The van der Waals surface area contributed by atoms with E-state index < -0.39 is 0 Å². The summed E-state index contributed by atoms with van der Waals surface area (Å²) in [5, 5.41) is 3.21. The quantitative estimate of drug-likeness (QED) is 0.626. The van der Waals surface area contributed by atoms with E-state index in [1.807, 2.05) is 7.05 Å². The number of hydrogen-bond acceptors (Lipinski definition) is 1. The van der Waals surface area contributed by atoms with Gasteiger partial charge in [0.25, 0.3) is 0 Å². The number of hydrogen-bond donors (Lipinski definition) is 1. The normalized spacial score (nSPS) is 18.3. The van der Waals surface area contributed by atoms with E-state index >= 15 is 0 Å². The maximum absolute atomic E-state index is 3.21. The monoisotopic (exact) mass is 163 g/mol. The SMILES string of the molecule is CNC1=CC(C)=C(C)C=C(C)C1. The first kappa shape index (κ1) is 9.11. The molecule has 0 fully saturated rings. The fourth-order valence-electron chi connectivity index (χ4n) is 1.42. The van der Waals surface area contributed by atoms with Crippen molar-refractivity contribution >= 4 is 0 Å². The van der Waals surface area contributed by atoms with Crippen LogP contribution in [0.4, 0.5) is 0 Å². The summed E-state index contributed by atoms with van der Waals surface area (Å²) in [6, 6.07) is 0. The number of allylic oxidation sites excluding steroid dienone is 5. The largest absolute Gasteiger partial charge is 0.391 e. The molecule has 0 bridgehead atoms. The van der Waals surface area contributed by atoms with Crippen LogP contribution in [0.2, 0.25) is 0 Å². The molecule has 1 rings (SSSR count). The smallest absolute Gasteiger partial charge is 0.0148 e. The van der Waals surface area contributed by atoms with Crippen molar-refractivity contribution in [2.75, 3.05) is 7.05 Å². The molecule has 12 heavy (non-hydrogen) atoms. The molecule has 0 aromatic rings. The third-order valence-corrected chi connectivity index (χ3v) is 2.27. The van der Waals surface area contributed by atoms with E-state index in [-0.39, 0.29) is 0 Å². The molecule has 1 aliphatic carbocycles. The summed E-state index contributed by atoms with van der Waals surface area (Å²) in [6.07, 6.45) is 5.53. The zero-order chi connectivity index (χ0) is 9.14. The Labute approximate surface area is 74.9 Å². The highest BCUT2D eigenvalue weighted by atomic mass is 14.8. The summed E-state index contributed by atoms with van der Waals surface area (Å²) in [5.74, 6) is 0. The van der Waals surface area contributed by atoms with Gasteiger partial charge in [0, 0.05) is 19.2 Å². The molecule has 0 heterocycles. The Bertz CT molecular complexity index is 267. The third-order valence-electron chi connectivity index (χ3n) is 2.27. The van der Waals surface area contributed by atoms with E-state index in [0.29, 0.717) is 0 Å². The summed E-state index contributed by atoms with van der Waals surface area (Å²) in [6.45, 7) is 6.49. The van der Waals surface area contributed by atoms with Gasteiger partial charge < -0.3 is 5.32 Å². The van der Waals surface area contributed by atoms with E-state index in [9.17, 15) is 0 Å². The molecule has 0 saturated carbocycles. The highest BCUT2D eigenvalue weighted by molar-refractivity contribution is 5.38. The van der Waals surface area contributed by atoms with Gasteiger partial charge in [-0.15, -0.1) is 0 Å². The van der Waals surface area contributed by atoms with Crippen molar-refractivity contribution in [3.8, 4) is 0 Å². The predicted molar refractivity (Wildman–Crippen MR) is 53.9 cm³/mol. The van der Waals surface area contributed by atoms with Crippen molar-refractivity contribution in [3.63, 3.8) is 0 Å². The van der Waals surface area contributed by atoms with Crippen LogP contribution in [-0.4, -0.2) is 7.05 Å². The van der Waals surface area contributed by atoms with Gasteiger partial charge >= 0.3 is 0 Å². The molecular formula is C11H17N. The van der Waals surface area contributed by atoms with E-state index in [4.69, 9.17) is 0 Å². The predicted octanol–water partition coefficient (Wildman–Crippen LogP) is 2.78. The Balaban J connectivity index is 3.02. The van der Waals surface area contributed by atoms with E-state index in [0.717, 1.165) is 6.42 Å². The van der Waals surface area contributed by atoms with Gasteiger partial charge in [-0.2, -0.15) is 0 Å². The minimum atomic E-state index is 1.05. The third kappa shape index (κ3) is 2.00. The van der Waals surface area contributed by atoms with Gasteiger partial charge in [-0.05, 0) is 38.0 Å². The van der Waals surface area contributed by atoms with Gasteiger partial charge in [0.15, 0.2) is 0 Å². The second kappa shape index (κ2) is 3.61. The molecule has 0 radical (unpaired) electrons. The van der Waals surface area contributed by atoms with Crippen LogP contribution in [0.5, 0.6) is 0 Å². The topological polar surface area (TPSA) is 12.0 Å². The molecule has 0 aromatic carbocycles. The van der Waals surface area contributed by atoms with Crippen molar-refractivity contribution in [1.82, 2.24) is 5.32 Å². The average molecular weight is 163 g/mol. The van der Waals surface area contributed by atoms with Crippen LogP contribution in [0.1, 0.15) is 27.2 Å². The Morgan fingerprint density at radius 3 is 2.25 bits per heavy atom. The van der Waals surface area contributed by atoms with Crippen molar-refractivity contribution < 1.29 is 0 Å². The first-order valence-corrected chi connectivity index (χ1v) is 4.36. The molecule has 0 aliphatic heterocycles. The van der Waals surface area contributed by atoms with Crippen LogP contribution in [0.15, 0.2) is 34.6 Å². The molecule has 0 aromatic heterocycles. The Morgan fingerprint density at radius 2 is 1.67 bits per heavy atom. The molecule has 0 spiro atoms. The van der Waals surface area contributed by atoms with Crippen LogP contribution in [-0.2, 0) is 0 Å². The fraction of sp³-hybridized carbons (Fsp3) is 0.455. The Kier molecular flexibility index (Phi) is 2.74. The van der Waals surface area contributed by atoms with Crippen molar-refractivity contribution in [2.24, 2.45) is 0 Å².